The number of aliphatic hydroxyl groups is 2. The minimum Gasteiger partial charge on any atom is -0.394 e. The fourth-order valence-electron chi connectivity index (χ4n) is 4.49. The van der Waals surface area contributed by atoms with E-state index in [4.69, 9.17) is 35.5 Å². The zero-order valence-corrected chi connectivity index (χ0v) is 22.6. The Hall–Kier alpha value is -0.320. The third-order valence-electron chi connectivity index (χ3n) is 6.71. The molecule has 1 rings (SSSR count). The summed E-state index contributed by atoms with van der Waals surface area (Å²) in [5.74, 6) is 0. The molecule has 8 nitrogen and oxygen atoms in total. The molecular weight excluding hydrogens is 448 g/mol. The van der Waals surface area contributed by atoms with Crippen molar-refractivity contribution in [2.75, 3.05) is 33.0 Å². The van der Waals surface area contributed by atoms with Gasteiger partial charge < -0.3 is 40.6 Å². The molecule has 35 heavy (non-hydrogen) atoms. The van der Waals surface area contributed by atoms with Crippen LogP contribution in [0.2, 0.25) is 0 Å². The molecule has 6 N–H and O–H groups in total. The molecule has 8 heteroatoms. The van der Waals surface area contributed by atoms with Crippen molar-refractivity contribution in [3.05, 3.63) is 0 Å². The number of ether oxygens (including phenoxy) is 4. The van der Waals surface area contributed by atoms with E-state index in [1.807, 2.05) is 0 Å². The van der Waals surface area contributed by atoms with Crippen LogP contribution in [0.3, 0.4) is 0 Å². The van der Waals surface area contributed by atoms with Gasteiger partial charge in [0.15, 0.2) is 6.29 Å². The lowest BCUT2D eigenvalue weighted by Gasteiger charge is -2.44. The number of hydrogen-bond donors (Lipinski definition) is 4. The molecule has 0 aromatic carbocycles. The van der Waals surface area contributed by atoms with Gasteiger partial charge in [-0.2, -0.15) is 0 Å². The summed E-state index contributed by atoms with van der Waals surface area (Å²) in [5.41, 5.74) is 12.5. The van der Waals surface area contributed by atoms with E-state index in [9.17, 15) is 5.11 Å². The van der Waals surface area contributed by atoms with Crippen LogP contribution in [0.1, 0.15) is 104 Å². The Morgan fingerprint density at radius 2 is 1.23 bits per heavy atom. The molecule has 1 saturated heterocycles. The SMILES string of the molecule is CCCCCCCCCO[C@@H]1[C@@H](N)[C@@H](OCC(O)CO)O[C@H](CN)[C@H]1OCCCCCCCCC. The molecule has 1 heterocycles. The molecule has 0 aromatic rings. The van der Waals surface area contributed by atoms with Crippen LogP contribution in [0.15, 0.2) is 0 Å². The Morgan fingerprint density at radius 3 is 1.71 bits per heavy atom. The molecule has 0 spiro atoms. The van der Waals surface area contributed by atoms with E-state index in [0.717, 1.165) is 25.7 Å². The van der Waals surface area contributed by atoms with Crippen LogP contribution >= 0.6 is 0 Å². The summed E-state index contributed by atoms with van der Waals surface area (Å²) in [6.45, 7) is 5.49. The Balaban J connectivity index is 2.58. The molecule has 0 amide bonds. The van der Waals surface area contributed by atoms with E-state index in [2.05, 4.69) is 13.8 Å². The van der Waals surface area contributed by atoms with Gasteiger partial charge in [-0.15, -0.1) is 0 Å². The summed E-state index contributed by atoms with van der Waals surface area (Å²) in [6, 6.07) is -0.577. The molecule has 0 saturated carbocycles. The zero-order valence-electron chi connectivity index (χ0n) is 22.6. The van der Waals surface area contributed by atoms with Crippen LogP contribution in [0.4, 0.5) is 0 Å². The van der Waals surface area contributed by atoms with Crippen molar-refractivity contribution in [3.63, 3.8) is 0 Å². The van der Waals surface area contributed by atoms with Gasteiger partial charge in [0.2, 0.25) is 0 Å². The third kappa shape index (κ3) is 14.3. The second-order valence-corrected chi connectivity index (χ2v) is 9.94. The smallest absolute Gasteiger partial charge is 0.175 e. The highest BCUT2D eigenvalue weighted by molar-refractivity contribution is 4.94. The lowest BCUT2D eigenvalue weighted by molar-refractivity contribution is -0.277. The van der Waals surface area contributed by atoms with Crippen molar-refractivity contribution in [1.82, 2.24) is 0 Å². The molecule has 0 radical (unpaired) electrons. The fraction of sp³-hybridized carbons (Fsp3) is 1.00. The largest absolute Gasteiger partial charge is 0.394 e. The lowest BCUT2D eigenvalue weighted by Crippen LogP contribution is -2.65. The molecule has 0 aromatic heterocycles. The van der Waals surface area contributed by atoms with Gasteiger partial charge >= 0.3 is 0 Å². The maximum absolute atomic E-state index is 9.68. The average Bonchev–Trinajstić information content (AvgIpc) is 2.87. The van der Waals surface area contributed by atoms with E-state index < -0.39 is 30.6 Å². The molecule has 0 aliphatic carbocycles. The minimum absolute atomic E-state index is 0.0693. The van der Waals surface area contributed by atoms with Crippen molar-refractivity contribution < 1.29 is 29.2 Å². The quantitative estimate of drug-likeness (QED) is 0.155. The topological polar surface area (TPSA) is 129 Å². The molecule has 6 atom stereocenters. The highest BCUT2D eigenvalue weighted by Gasteiger charge is 2.46. The molecule has 210 valence electrons. The van der Waals surface area contributed by atoms with Gasteiger partial charge in [0, 0.05) is 19.8 Å². The van der Waals surface area contributed by atoms with Crippen LogP contribution in [0.5, 0.6) is 0 Å². The van der Waals surface area contributed by atoms with E-state index in [1.54, 1.807) is 0 Å². The van der Waals surface area contributed by atoms with E-state index in [1.165, 1.54) is 64.2 Å². The number of rotatable bonds is 23. The molecule has 1 aliphatic rings. The van der Waals surface area contributed by atoms with Crippen molar-refractivity contribution in [3.8, 4) is 0 Å². The van der Waals surface area contributed by atoms with Crippen molar-refractivity contribution in [2.24, 2.45) is 11.5 Å². The summed E-state index contributed by atoms with van der Waals surface area (Å²) in [7, 11) is 0. The summed E-state index contributed by atoms with van der Waals surface area (Å²) in [4.78, 5) is 0. The molecule has 1 unspecified atom stereocenters. The molecular formula is C27H56N2O6. The maximum Gasteiger partial charge on any atom is 0.175 e. The molecule has 1 aliphatic heterocycles. The first-order chi connectivity index (χ1) is 17.1. The van der Waals surface area contributed by atoms with Gasteiger partial charge in [-0.25, -0.2) is 0 Å². The minimum atomic E-state index is -0.986. The Morgan fingerprint density at radius 1 is 0.743 bits per heavy atom. The van der Waals surface area contributed by atoms with Crippen LogP contribution in [0, 0.1) is 0 Å². The van der Waals surface area contributed by atoms with Gasteiger partial charge in [-0.3, -0.25) is 0 Å². The maximum atomic E-state index is 9.68. The average molecular weight is 505 g/mol. The first kappa shape index (κ1) is 32.7. The van der Waals surface area contributed by atoms with Crippen molar-refractivity contribution >= 4 is 0 Å². The van der Waals surface area contributed by atoms with Crippen LogP contribution in [0.25, 0.3) is 0 Å². The summed E-state index contributed by atoms with van der Waals surface area (Å²) in [5, 5.41) is 18.8. The number of nitrogens with two attached hydrogens (primary N) is 2. The Labute approximate surface area is 214 Å². The van der Waals surface area contributed by atoms with Gasteiger partial charge in [0.25, 0.3) is 0 Å². The first-order valence-corrected chi connectivity index (χ1v) is 14.3. The molecule has 1 fully saturated rings. The van der Waals surface area contributed by atoms with E-state index >= 15 is 0 Å². The van der Waals surface area contributed by atoms with E-state index in [0.29, 0.717) is 13.2 Å². The van der Waals surface area contributed by atoms with E-state index in [-0.39, 0.29) is 25.9 Å². The Kier molecular flexibility index (Phi) is 20.3. The van der Waals surface area contributed by atoms with Gasteiger partial charge in [-0.1, -0.05) is 90.9 Å². The first-order valence-electron chi connectivity index (χ1n) is 14.3. The number of aliphatic hydroxyl groups excluding tert-OH is 2. The zero-order chi connectivity index (χ0) is 25.7. The predicted octanol–water partition coefficient (Wildman–Crippen LogP) is 3.64. The van der Waals surface area contributed by atoms with Crippen molar-refractivity contribution in [1.29, 1.82) is 0 Å². The van der Waals surface area contributed by atoms with Crippen LogP contribution in [-0.4, -0.2) is 79.9 Å². The van der Waals surface area contributed by atoms with Gasteiger partial charge in [0.05, 0.1) is 19.3 Å². The standard InChI is InChI=1S/C27H56N2O6/c1-3-5-7-9-11-13-15-17-32-25-23(19-28)35-27(34-21-22(31)20-30)24(29)26(25)33-18-16-14-12-10-8-6-4-2/h22-27,30-31H,3-21,28-29H2,1-2H3/t22?,23-,24-,25-,26-,27+/m1/s1. The molecule has 0 bridgehead atoms. The number of hydrogen-bond acceptors (Lipinski definition) is 8. The van der Waals surface area contributed by atoms with Crippen molar-refractivity contribution in [2.45, 2.75) is 140 Å². The predicted molar refractivity (Wildman–Crippen MR) is 140 cm³/mol. The van der Waals surface area contributed by atoms with Crippen LogP contribution in [-0.2, 0) is 18.9 Å². The highest BCUT2D eigenvalue weighted by Crippen LogP contribution is 2.26. The summed E-state index contributed by atoms with van der Waals surface area (Å²) < 4.78 is 24.2. The third-order valence-corrected chi connectivity index (χ3v) is 6.71. The monoisotopic (exact) mass is 504 g/mol. The number of unbranched alkanes of at least 4 members (excludes halogenated alkanes) is 12. The normalized spacial score (nSPS) is 25.7. The van der Waals surface area contributed by atoms with Crippen LogP contribution < -0.4 is 11.5 Å². The highest BCUT2D eigenvalue weighted by atomic mass is 16.7. The second-order valence-electron chi connectivity index (χ2n) is 9.94. The Bertz CT molecular complexity index is 473. The van der Waals surface area contributed by atoms with Gasteiger partial charge in [0.1, 0.15) is 24.4 Å². The lowest BCUT2D eigenvalue weighted by atomic mass is 9.96. The summed E-state index contributed by atoms with van der Waals surface area (Å²) >= 11 is 0. The second kappa shape index (κ2) is 21.7. The van der Waals surface area contributed by atoms with Gasteiger partial charge in [-0.05, 0) is 12.8 Å². The fourth-order valence-corrected chi connectivity index (χ4v) is 4.49. The summed E-state index contributed by atoms with van der Waals surface area (Å²) in [6.07, 6.45) is 14.0.